The molecule has 1 rings (SSSR count). The Bertz CT molecular complexity index is 503. The highest BCUT2D eigenvalue weighted by Gasteiger charge is 2.17. The summed E-state index contributed by atoms with van der Waals surface area (Å²) in [4.78, 5) is 23.2. The Labute approximate surface area is 127 Å². The van der Waals surface area contributed by atoms with Crippen molar-refractivity contribution >= 4 is 27.9 Å². The van der Waals surface area contributed by atoms with Gasteiger partial charge in [-0.3, -0.25) is 4.79 Å². The van der Waals surface area contributed by atoms with Crippen molar-refractivity contribution in [2.75, 3.05) is 7.11 Å². The molecule has 0 spiro atoms. The fourth-order valence-electron chi connectivity index (χ4n) is 1.64. The van der Waals surface area contributed by atoms with Crippen molar-refractivity contribution in [3.63, 3.8) is 0 Å². The molecule has 0 atom stereocenters. The van der Waals surface area contributed by atoms with E-state index in [1.807, 2.05) is 20.8 Å². The summed E-state index contributed by atoms with van der Waals surface area (Å²) in [6.07, 6.45) is 0.765. The SMILES string of the molecule is COC(=O)c1ccc(Br)c(CCC(=O)OC(C)(C)C)c1. The van der Waals surface area contributed by atoms with E-state index in [-0.39, 0.29) is 12.4 Å². The molecular weight excluding hydrogens is 324 g/mol. The largest absolute Gasteiger partial charge is 0.465 e. The van der Waals surface area contributed by atoms with Crippen molar-refractivity contribution in [1.29, 1.82) is 0 Å². The summed E-state index contributed by atoms with van der Waals surface area (Å²) in [6, 6.07) is 5.17. The van der Waals surface area contributed by atoms with Crippen LogP contribution in [0.4, 0.5) is 0 Å². The van der Waals surface area contributed by atoms with Crippen LogP contribution in [-0.4, -0.2) is 24.6 Å². The third kappa shape index (κ3) is 5.33. The van der Waals surface area contributed by atoms with Crippen LogP contribution in [0.3, 0.4) is 0 Å². The van der Waals surface area contributed by atoms with E-state index in [0.29, 0.717) is 12.0 Å². The third-order valence-corrected chi connectivity index (χ3v) is 3.26. The molecule has 20 heavy (non-hydrogen) atoms. The lowest BCUT2D eigenvalue weighted by Crippen LogP contribution is -2.24. The monoisotopic (exact) mass is 342 g/mol. The quantitative estimate of drug-likeness (QED) is 0.785. The maximum absolute atomic E-state index is 11.7. The second kappa shape index (κ2) is 6.88. The minimum Gasteiger partial charge on any atom is -0.465 e. The first kappa shape index (κ1) is 16.7. The van der Waals surface area contributed by atoms with Crippen molar-refractivity contribution in [2.45, 2.75) is 39.2 Å². The van der Waals surface area contributed by atoms with E-state index in [1.165, 1.54) is 7.11 Å². The van der Waals surface area contributed by atoms with E-state index >= 15 is 0 Å². The van der Waals surface area contributed by atoms with Gasteiger partial charge < -0.3 is 9.47 Å². The molecule has 0 radical (unpaired) electrons. The molecule has 0 heterocycles. The number of rotatable bonds is 4. The number of halogens is 1. The molecule has 0 unspecified atom stereocenters. The molecule has 0 saturated heterocycles. The lowest BCUT2D eigenvalue weighted by molar-refractivity contribution is -0.154. The van der Waals surface area contributed by atoms with Crippen LogP contribution in [0.1, 0.15) is 43.1 Å². The van der Waals surface area contributed by atoms with Gasteiger partial charge in [0.05, 0.1) is 12.7 Å². The molecule has 1 aromatic rings. The highest BCUT2D eigenvalue weighted by atomic mass is 79.9. The molecular formula is C15H19BrO4. The second-order valence-corrected chi connectivity index (χ2v) is 6.24. The van der Waals surface area contributed by atoms with Crippen molar-refractivity contribution < 1.29 is 19.1 Å². The molecule has 0 aromatic heterocycles. The average Bonchev–Trinajstić information content (AvgIpc) is 2.34. The Morgan fingerprint density at radius 1 is 1.25 bits per heavy atom. The van der Waals surface area contributed by atoms with E-state index in [0.717, 1.165) is 10.0 Å². The number of ether oxygens (including phenoxy) is 2. The van der Waals surface area contributed by atoms with Gasteiger partial charge in [-0.1, -0.05) is 15.9 Å². The minimum absolute atomic E-state index is 0.257. The fourth-order valence-corrected chi connectivity index (χ4v) is 2.09. The fraction of sp³-hybridized carbons (Fsp3) is 0.467. The van der Waals surface area contributed by atoms with Gasteiger partial charge in [0.25, 0.3) is 0 Å². The molecule has 4 nitrogen and oxygen atoms in total. The van der Waals surface area contributed by atoms with Crippen LogP contribution in [0.5, 0.6) is 0 Å². The summed E-state index contributed by atoms with van der Waals surface area (Å²) in [5.74, 6) is -0.649. The van der Waals surface area contributed by atoms with Crippen molar-refractivity contribution in [1.82, 2.24) is 0 Å². The number of hydrogen-bond donors (Lipinski definition) is 0. The minimum atomic E-state index is -0.484. The number of carbonyl (C=O) groups excluding carboxylic acids is 2. The van der Waals surface area contributed by atoms with Crippen molar-refractivity contribution in [3.8, 4) is 0 Å². The zero-order chi connectivity index (χ0) is 15.3. The molecule has 0 N–H and O–H groups in total. The van der Waals surface area contributed by atoms with Crippen molar-refractivity contribution in [3.05, 3.63) is 33.8 Å². The van der Waals surface area contributed by atoms with Gasteiger partial charge in [0, 0.05) is 10.9 Å². The van der Waals surface area contributed by atoms with Gasteiger partial charge in [-0.15, -0.1) is 0 Å². The normalized spacial score (nSPS) is 11.1. The molecule has 0 saturated carbocycles. The summed E-state index contributed by atoms with van der Waals surface area (Å²) in [5.41, 5.74) is 0.857. The van der Waals surface area contributed by atoms with E-state index in [2.05, 4.69) is 20.7 Å². The molecule has 5 heteroatoms. The van der Waals surface area contributed by atoms with E-state index in [4.69, 9.17) is 4.74 Å². The zero-order valence-electron chi connectivity index (χ0n) is 12.2. The standard InChI is InChI=1S/C15H19BrO4/c1-15(2,3)20-13(17)8-6-10-9-11(14(18)19-4)5-7-12(10)16/h5,7,9H,6,8H2,1-4H3. The predicted octanol–water partition coefficient (Wildman–Crippen LogP) is 3.51. The van der Waals surface area contributed by atoms with Crippen LogP contribution in [0, 0.1) is 0 Å². The summed E-state index contributed by atoms with van der Waals surface area (Å²) in [6.45, 7) is 5.50. The molecule has 110 valence electrons. The maximum atomic E-state index is 11.7. The first-order valence-corrected chi connectivity index (χ1v) is 7.11. The highest BCUT2D eigenvalue weighted by Crippen LogP contribution is 2.21. The molecule has 0 amide bonds. The van der Waals surface area contributed by atoms with Crippen LogP contribution >= 0.6 is 15.9 Å². The Hall–Kier alpha value is -1.36. The van der Waals surface area contributed by atoms with Gasteiger partial charge in [-0.25, -0.2) is 4.79 Å². The smallest absolute Gasteiger partial charge is 0.337 e. The third-order valence-electron chi connectivity index (χ3n) is 2.49. The van der Waals surface area contributed by atoms with E-state index in [9.17, 15) is 9.59 Å². The zero-order valence-corrected chi connectivity index (χ0v) is 13.7. The molecule has 0 aliphatic heterocycles. The number of aryl methyl sites for hydroxylation is 1. The van der Waals surface area contributed by atoms with Crippen LogP contribution in [0.2, 0.25) is 0 Å². The van der Waals surface area contributed by atoms with Gasteiger partial charge in [0.2, 0.25) is 0 Å². The topological polar surface area (TPSA) is 52.6 Å². The van der Waals surface area contributed by atoms with Gasteiger partial charge in [0.15, 0.2) is 0 Å². The second-order valence-electron chi connectivity index (χ2n) is 5.38. The lowest BCUT2D eigenvalue weighted by Gasteiger charge is -2.19. The summed E-state index contributed by atoms with van der Waals surface area (Å²) < 4.78 is 10.8. The Kier molecular flexibility index (Phi) is 5.74. The van der Waals surface area contributed by atoms with Crippen LogP contribution in [0.25, 0.3) is 0 Å². The summed E-state index contributed by atoms with van der Waals surface area (Å²) >= 11 is 3.41. The summed E-state index contributed by atoms with van der Waals surface area (Å²) in [5, 5.41) is 0. The Balaban J connectivity index is 2.72. The predicted molar refractivity (Wildman–Crippen MR) is 79.6 cm³/mol. The molecule has 0 bridgehead atoms. The van der Waals surface area contributed by atoms with Crippen molar-refractivity contribution in [2.24, 2.45) is 0 Å². The number of benzene rings is 1. The first-order valence-electron chi connectivity index (χ1n) is 6.31. The Morgan fingerprint density at radius 3 is 2.45 bits per heavy atom. The first-order chi connectivity index (χ1) is 9.23. The Morgan fingerprint density at radius 2 is 1.90 bits per heavy atom. The highest BCUT2D eigenvalue weighted by molar-refractivity contribution is 9.10. The number of hydrogen-bond acceptors (Lipinski definition) is 4. The molecule has 0 aliphatic rings. The van der Waals surface area contributed by atoms with Gasteiger partial charge >= 0.3 is 11.9 Å². The maximum Gasteiger partial charge on any atom is 0.337 e. The number of methoxy groups -OCH3 is 1. The van der Waals surface area contributed by atoms with E-state index in [1.54, 1.807) is 18.2 Å². The van der Waals surface area contributed by atoms with Gasteiger partial charge in [-0.2, -0.15) is 0 Å². The number of esters is 2. The number of carbonyl (C=O) groups is 2. The van der Waals surface area contributed by atoms with Gasteiger partial charge in [0.1, 0.15) is 5.60 Å². The van der Waals surface area contributed by atoms with Crippen LogP contribution in [-0.2, 0) is 20.7 Å². The van der Waals surface area contributed by atoms with E-state index < -0.39 is 11.6 Å². The molecule has 1 aromatic carbocycles. The average molecular weight is 343 g/mol. The van der Waals surface area contributed by atoms with Crippen LogP contribution in [0.15, 0.2) is 22.7 Å². The summed E-state index contributed by atoms with van der Waals surface area (Å²) in [7, 11) is 1.34. The lowest BCUT2D eigenvalue weighted by atomic mass is 10.1. The van der Waals surface area contributed by atoms with Gasteiger partial charge in [-0.05, 0) is 51.0 Å². The molecule has 0 fully saturated rings. The van der Waals surface area contributed by atoms with Crippen LogP contribution < -0.4 is 0 Å². The molecule has 0 aliphatic carbocycles.